The summed E-state index contributed by atoms with van der Waals surface area (Å²) >= 11 is 0. The summed E-state index contributed by atoms with van der Waals surface area (Å²) in [5.74, 6) is 0. The van der Waals surface area contributed by atoms with Crippen LogP contribution in [0.25, 0.3) is 0 Å². The SMILES string of the molecule is CCCCCCCCC=C/C=C/C=O. The van der Waals surface area contributed by atoms with Crippen LogP contribution in [0.1, 0.15) is 51.9 Å². The van der Waals surface area contributed by atoms with E-state index in [4.69, 9.17) is 0 Å². The Morgan fingerprint density at radius 2 is 1.57 bits per heavy atom. The molecule has 0 aromatic heterocycles. The fourth-order valence-corrected chi connectivity index (χ4v) is 1.33. The highest BCUT2D eigenvalue weighted by atomic mass is 16.1. The summed E-state index contributed by atoms with van der Waals surface area (Å²) in [5, 5.41) is 0. The van der Waals surface area contributed by atoms with Gasteiger partial charge in [0.2, 0.25) is 0 Å². The molecule has 1 heteroatoms. The highest BCUT2D eigenvalue weighted by Crippen LogP contribution is 2.06. The average molecular weight is 194 g/mol. The maximum atomic E-state index is 9.92. The van der Waals surface area contributed by atoms with Gasteiger partial charge in [0.25, 0.3) is 0 Å². The summed E-state index contributed by atoms with van der Waals surface area (Å²) in [6.45, 7) is 2.24. The molecule has 0 unspecified atom stereocenters. The summed E-state index contributed by atoms with van der Waals surface area (Å²) in [7, 11) is 0. The van der Waals surface area contributed by atoms with E-state index in [0.29, 0.717) is 0 Å². The van der Waals surface area contributed by atoms with Gasteiger partial charge >= 0.3 is 0 Å². The van der Waals surface area contributed by atoms with Crippen molar-refractivity contribution < 1.29 is 4.79 Å². The van der Waals surface area contributed by atoms with Crippen molar-refractivity contribution in [2.75, 3.05) is 0 Å². The molecule has 0 saturated heterocycles. The van der Waals surface area contributed by atoms with Crippen LogP contribution in [-0.4, -0.2) is 6.29 Å². The Kier molecular flexibility index (Phi) is 11.4. The summed E-state index contributed by atoms with van der Waals surface area (Å²) in [5.41, 5.74) is 0. The van der Waals surface area contributed by atoms with Gasteiger partial charge in [-0.05, 0) is 18.9 Å². The molecule has 0 atom stereocenters. The van der Waals surface area contributed by atoms with Crippen molar-refractivity contribution in [1.29, 1.82) is 0 Å². The van der Waals surface area contributed by atoms with E-state index in [-0.39, 0.29) is 0 Å². The summed E-state index contributed by atoms with van der Waals surface area (Å²) < 4.78 is 0. The minimum absolute atomic E-state index is 0.801. The molecule has 14 heavy (non-hydrogen) atoms. The Morgan fingerprint density at radius 1 is 0.857 bits per heavy atom. The van der Waals surface area contributed by atoms with Gasteiger partial charge in [0, 0.05) is 0 Å². The number of hydrogen-bond donors (Lipinski definition) is 0. The molecule has 0 bridgehead atoms. The summed E-state index contributed by atoms with van der Waals surface area (Å²) in [6, 6.07) is 0. The average Bonchev–Trinajstić information content (AvgIpc) is 2.21. The molecular formula is C13H22O. The first-order chi connectivity index (χ1) is 6.91. The van der Waals surface area contributed by atoms with Gasteiger partial charge in [-0.2, -0.15) is 0 Å². The molecule has 80 valence electrons. The largest absolute Gasteiger partial charge is 0.299 e. The molecule has 0 aromatic carbocycles. The number of carbonyl (C=O) groups excluding carboxylic acids is 1. The van der Waals surface area contributed by atoms with Crippen LogP contribution in [0.5, 0.6) is 0 Å². The first-order valence-corrected chi connectivity index (χ1v) is 5.68. The second-order valence-electron chi connectivity index (χ2n) is 3.51. The van der Waals surface area contributed by atoms with Crippen LogP contribution in [0.15, 0.2) is 24.3 Å². The number of allylic oxidation sites excluding steroid dienone is 4. The van der Waals surface area contributed by atoms with E-state index in [0.717, 1.165) is 12.7 Å². The Hall–Kier alpha value is -0.850. The first-order valence-electron chi connectivity index (χ1n) is 5.68. The minimum Gasteiger partial charge on any atom is -0.299 e. The van der Waals surface area contributed by atoms with Crippen LogP contribution in [-0.2, 0) is 4.79 Å². The highest BCUT2D eigenvalue weighted by Gasteiger charge is 1.87. The molecule has 0 saturated carbocycles. The molecule has 0 aliphatic rings. The third-order valence-corrected chi connectivity index (χ3v) is 2.16. The van der Waals surface area contributed by atoms with Crippen LogP contribution in [0.3, 0.4) is 0 Å². The quantitative estimate of drug-likeness (QED) is 0.234. The molecule has 0 aromatic rings. The molecule has 0 heterocycles. The van der Waals surface area contributed by atoms with Gasteiger partial charge in [-0.25, -0.2) is 0 Å². The van der Waals surface area contributed by atoms with E-state index in [1.807, 2.05) is 6.08 Å². The number of unbranched alkanes of at least 4 members (excludes halogenated alkanes) is 6. The molecule has 0 spiro atoms. The maximum absolute atomic E-state index is 9.92. The maximum Gasteiger partial charge on any atom is 0.142 e. The van der Waals surface area contributed by atoms with Crippen molar-refractivity contribution in [1.82, 2.24) is 0 Å². The van der Waals surface area contributed by atoms with E-state index in [1.165, 1.54) is 44.6 Å². The molecule has 0 N–H and O–H groups in total. The first kappa shape index (κ1) is 13.2. The van der Waals surface area contributed by atoms with Crippen molar-refractivity contribution in [3.05, 3.63) is 24.3 Å². The van der Waals surface area contributed by atoms with E-state index in [1.54, 1.807) is 6.08 Å². The van der Waals surface area contributed by atoms with Gasteiger partial charge < -0.3 is 0 Å². The lowest BCUT2D eigenvalue weighted by Gasteiger charge is -1.97. The smallest absolute Gasteiger partial charge is 0.142 e. The lowest BCUT2D eigenvalue weighted by Crippen LogP contribution is -1.77. The van der Waals surface area contributed by atoms with Crippen molar-refractivity contribution in [3.8, 4) is 0 Å². The molecule has 0 aliphatic heterocycles. The van der Waals surface area contributed by atoms with Crippen LogP contribution < -0.4 is 0 Å². The zero-order valence-corrected chi connectivity index (χ0v) is 9.24. The molecule has 0 amide bonds. The third kappa shape index (κ3) is 11.2. The number of carbonyl (C=O) groups is 1. The van der Waals surface area contributed by atoms with Crippen molar-refractivity contribution in [2.24, 2.45) is 0 Å². The highest BCUT2D eigenvalue weighted by molar-refractivity contribution is 5.65. The second-order valence-corrected chi connectivity index (χ2v) is 3.51. The van der Waals surface area contributed by atoms with Crippen LogP contribution >= 0.6 is 0 Å². The minimum atomic E-state index is 0.801. The van der Waals surface area contributed by atoms with E-state index >= 15 is 0 Å². The van der Waals surface area contributed by atoms with Gasteiger partial charge in [-0.15, -0.1) is 0 Å². The van der Waals surface area contributed by atoms with Gasteiger partial charge in [-0.3, -0.25) is 4.79 Å². The Bertz CT molecular complexity index is 168. The van der Waals surface area contributed by atoms with Crippen LogP contribution in [0.2, 0.25) is 0 Å². The second kappa shape index (κ2) is 12.2. The van der Waals surface area contributed by atoms with Crippen molar-refractivity contribution >= 4 is 6.29 Å². The molecule has 1 nitrogen and oxygen atoms in total. The Labute approximate surface area is 87.9 Å². The van der Waals surface area contributed by atoms with Crippen molar-refractivity contribution in [3.63, 3.8) is 0 Å². The predicted octanol–water partition coefficient (Wildman–Crippen LogP) is 4.05. The van der Waals surface area contributed by atoms with E-state index in [9.17, 15) is 4.79 Å². The normalized spacial score (nSPS) is 11.5. The Morgan fingerprint density at radius 3 is 2.29 bits per heavy atom. The molecular weight excluding hydrogens is 172 g/mol. The molecule has 0 fully saturated rings. The predicted molar refractivity (Wildman–Crippen MR) is 62.3 cm³/mol. The van der Waals surface area contributed by atoms with Gasteiger partial charge in [0.15, 0.2) is 0 Å². The molecule has 0 rings (SSSR count). The number of rotatable bonds is 9. The summed E-state index contributed by atoms with van der Waals surface area (Å²) in [6.07, 6.45) is 17.3. The van der Waals surface area contributed by atoms with Gasteiger partial charge in [-0.1, -0.05) is 57.3 Å². The Balaban J connectivity index is 3.08. The third-order valence-electron chi connectivity index (χ3n) is 2.16. The van der Waals surface area contributed by atoms with Crippen molar-refractivity contribution in [2.45, 2.75) is 51.9 Å². The summed E-state index contributed by atoms with van der Waals surface area (Å²) in [4.78, 5) is 9.92. The zero-order valence-electron chi connectivity index (χ0n) is 9.24. The topological polar surface area (TPSA) is 17.1 Å². The van der Waals surface area contributed by atoms with Crippen LogP contribution in [0.4, 0.5) is 0 Å². The standard InChI is InChI=1S/C13H22O/c1-2-3-4-5-6-7-8-9-10-11-12-13-14/h9-13H,2-8H2,1H3/b10-9?,12-11+. The lowest BCUT2D eigenvalue weighted by molar-refractivity contribution is -0.104. The number of aldehydes is 1. The van der Waals surface area contributed by atoms with E-state index in [2.05, 4.69) is 13.0 Å². The fraction of sp³-hybridized carbons (Fsp3) is 0.615. The lowest BCUT2D eigenvalue weighted by atomic mass is 10.1. The fourth-order valence-electron chi connectivity index (χ4n) is 1.33. The molecule has 0 aliphatic carbocycles. The monoisotopic (exact) mass is 194 g/mol. The molecule has 0 radical (unpaired) electrons. The zero-order chi connectivity index (χ0) is 10.5. The van der Waals surface area contributed by atoms with Gasteiger partial charge in [0.1, 0.15) is 6.29 Å². The van der Waals surface area contributed by atoms with Gasteiger partial charge in [0.05, 0.1) is 0 Å². The van der Waals surface area contributed by atoms with E-state index < -0.39 is 0 Å². The van der Waals surface area contributed by atoms with Crippen LogP contribution in [0, 0.1) is 0 Å². The number of hydrogen-bond acceptors (Lipinski definition) is 1.